The highest BCUT2D eigenvalue weighted by molar-refractivity contribution is 5.93. The number of anilines is 1. The highest BCUT2D eigenvalue weighted by Gasteiger charge is 2.30. The molecule has 1 aliphatic heterocycles. The molecule has 0 bridgehead atoms. The number of nitrogens with zero attached hydrogens (tertiary/aromatic N) is 2. The van der Waals surface area contributed by atoms with E-state index in [4.69, 9.17) is 0 Å². The van der Waals surface area contributed by atoms with Crippen LogP contribution < -0.4 is 10.6 Å². The summed E-state index contributed by atoms with van der Waals surface area (Å²) in [4.78, 5) is 26.1. The average molecular weight is 390 g/mol. The Hall–Kier alpha value is -3.28. The lowest BCUT2D eigenvalue weighted by atomic mass is 9.92. The molecule has 3 amide bonds. The number of carbonyl (C=O) groups is 2. The van der Waals surface area contributed by atoms with Crippen LogP contribution in [0, 0.1) is 12.8 Å². The molecule has 0 unspecified atom stereocenters. The van der Waals surface area contributed by atoms with E-state index in [1.54, 1.807) is 7.05 Å². The number of fused-ring (bicyclic) bond motifs is 1. The Balaban J connectivity index is 1.35. The van der Waals surface area contributed by atoms with Crippen LogP contribution in [0.15, 0.2) is 54.7 Å². The molecule has 6 heteroatoms. The van der Waals surface area contributed by atoms with Gasteiger partial charge >= 0.3 is 6.03 Å². The predicted octanol–water partition coefficient (Wildman–Crippen LogP) is 3.40. The molecule has 1 aromatic heterocycles. The van der Waals surface area contributed by atoms with Gasteiger partial charge in [-0.1, -0.05) is 35.9 Å². The minimum Gasteiger partial charge on any atom is -0.358 e. The molecule has 6 nitrogen and oxygen atoms in total. The molecule has 1 saturated heterocycles. The number of likely N-dealkylation sites (tertiary alicyclic amines) is 1. The zero-order valence-corrected chi connectivity index (χ0v) is 16.8. The van der Waals surface area contributed by atoms with Crippen LogP contribution in [-0.4, -0.2) is 41.5 Å². The minimum atomic E-state index is -0.0751. The molecule has 0 radical (unpaired) electrons. The van der Waals surface area contributed by atoms with E-state index >= 15 is 0 Å². The molecule has 2 heterocycles. The van der Waals surface area contributed by atoms with Crippen molar-refractivity contribution in [3.05, 3.63) is 65.9 Å². The van der Waals surface area contributed by atoms with Gasteiger partial charge < -0.3 is 20.1 Å². The van der Waals surface area contributed by atoms with E-state index in [9.17, 15) is 9.59 Å². The van der Waals surface area contributed by atoms with Crippen LogP contribution in [0.4, 0.5) is 10.5 Å². The molecule has 1 aliphatic rings. The Labute approximate surface area is 170 Å². The molecule has 0 atom stereocenters. The van der Waals surface area contributed by atoms with E-state index < -0.39 is 0 Å². The normalized spacial score (nSPS) is 13.9. The lowest BCUT2D eigenvalue weighted by molar-refractivity contribution is -0.121. The van der Waals surface area contributed by atoms with Crippen LogP contribution in [-0.2, 0) is 17.8 Å². The van der Waals surface area contributed by atoms with Crippen LogP contribution in [0.25, 0.3) is 10.9 Å². The Morgan fingerprint density at radius 1 is 1.07 bits per heavy atom. The Morgan fingerprint density at radius 2 is 1.83 bits per heavy atom. The molecular formula is C23H26N4O2. The molecule has 2 N–H and O–H groups in total. The summed E-state index contributed by atoms with van der Waals surface area (Å²) >= 11 is 0. The smallest absolute Gasteiger partial charge is 0.321 e. The number of aromatic nitrogens is 1. The van der Waals surface area contributed by atoms with Gasteiger partial charge in [0.15, 0.2) is 0 Å². The first-order valence-corrected chi connectivity index (χ1v) is 9.93. The lowest BCUT2D eigenvalue weighted by Gasteiger charge is -2.39. The van der Waals surface area contributed by atoms with Crippen molar-refractivity contribution >= 4 is 28.5 Å². The summed E-state index contributed by atoms with van der Waals surface area (Å²) in [6.45, 7) is 3.89. The van der Waals surface area contributed by atoms with Gasteiger partial charge in [0.05, 0.1) is 5.52 Å². The van der Waals surface area contributed by atoms with Gasteiger partial charge in [-0.3, -0.25) is 4.79 Å². The van der Waals surface area contributed by atoms with Gasteiger partial charge in [-0.15, -0.1) is 0 Å². The molecule has 0 aliphatic carbocycles. The summed E-state index contributed by atoms with van der Waals surface area (Å²) in [5.41, 5.74) is 4.25. The monoisotopic (exact) mass is 390 g/mol. The Bertz CT molecular complexity index is 1030. The molecule has 1 fully saturated rings. The quantitative estimate of drug-likeness (QED) is 0.701. The number of rotatable bonds is 5. The third kappa shape index (κ3) is 4.26. The fraction of sp³-hybridized carbons (Fsp3) is 0.304. The highest BCUT2D eigenvalue weighted by Crippen LogP contribution is 2.24. The minimum absolute atomic E-state index is 0.0582. The van der Waals surface area contributed by atoms with Crippen molar-refractivity contribution in [2.75, 3.05) is 25.5 Å². The molecule has 3 aromatic rings. The first kappa shape index (κ1) is 19.1. The van der Waals surface area contributed by atoms with E-state index in [2.05, 4.69) is 41.8 Å². The summed E-state index contributed by atoms with van der Waals surface area (Å²) < 4.78 is 1.88. The van der Waals surface area contributed by atoms with Crippen LogP contribution in [0.2, 0.25) is 0 Å². The van der Waals surface area contributed by atoms with Crippen LogP contribution >= 0.6 is 0 Å². The molecular weight excluding hydrogens is 364 g/mol. The second-order valence-corrected chi connectivity index (χ2v) is 7.78. The number of amides is 3. The maximum absolute atomic E-state index is 12.6. The fourth-order valence-electron chi connectivity index (χ4n) is 3.76. The van der Waals surface area contributed by atoms with Crippen LogP contribution in [0.3, 0.4) is 0 Å². The number of carbonyl (C=O) groups excluding carboxylic acids is 2. The van der Waals surface area contributed by atoms with Gasteiger partial charge in [-0.25, -0.2) is 4.79 Å². The number of benzene rings is 2. The Kier molecular flexibility index (Phi) is 5.25. The standard InChI is InChI=1S/C23H26N4O2/c1-16-3-5-17(6-4-16)11-18-13-27(14-18)23(29)25-20-8-7-19-9-10-26(21(19)12-20)15-22(28)24-2/h3-10,12,18H,11,13-15H2,1-2H3,(H,24,28)(H,25,29). The molecule has 150 valence electrons. The first-order valence-electron chi connectivity index (χ1n) is 9.93. The van der Waals surface area contributed by atoms with Crippen molar-refractivity contribution in [1.29, 1.82) is 0 Å². The zero-order valence-electron chi connectivity index (χ0n) is 16.8. The number of likely N-dealkylation sites (N-methyl/N-ethyl adjacent to an activating group) is 1. The summed E-state index contributed by atoms with van der Waals surface area (Å²) in [6, 6.07) is 16.3. The largest absolute Gasteiger partial charge is 0.358 e. The topological polar surface area (TPSA) is 66.4 Å². The van der Waals surface area contributed by atoms with Gasteiger partial charge in [-0.2, -0.15) is 0 Å². The molecule has 4 rings (SSSR count). The van der Waals surface area contributed by atoms with Gasteiger partial charge in [0.1, 0.15) is 6.54 Å². The first-order chi connectivity index (χ1) is 14.0. The maximum Gasteiger partial charge on any atom is 0.321 e. The number of hydrogen-bond acceptors (Lipinski definition) is 2. The lowest BCUT2D eigenvalue weighted by Crippen LogP contribution is -2.52. The number of nitrogens with one attached hydrogen (secondary N) is 2. The van der Waals surface area contributed by atoms with E-state index in [-0.39, 0.29) is 18.5 Å². The summed E-state index contributed by atoms with van der Waals surface area (Å²) in [7, 11) is 1.62. The molecule has 0 spiro atoms. The summed E-state index contributed by atoms with van der Waals surface area (Å²) in [5, 5.41) is 6.65. The zero-order chi connectivity index (χ0) is 20.4. The van der Waals surface area contributed by atoms with Crippen molar-refractivity contribution in [3.63, 3.8) is 0 Å². The van der Waals surface area contributed by atoms with Crippen molar-refractivity contribution in [2.24, 2.45) is 5.92 Å². The van der Waals surface area contributed by atoms with Gasteiger partial charge in [0, 0.05) is 32.0 Å². The number of hydrogen-bond donors (Lipinski definition) is 2. The van der Waals surface area contributed by atoms with E-state index in [1.165, 1.54) is 11.1 Å². The van der Waals surface area contributed by atoms with Gasteiger partial charge in [0.25, 0.3) is 0 Å². The van der Waals surface area contributed by atoms with Gasteiger partial charge in [0.2, 0.25) is 5.91 Å². The highest BCUT2D eigenvalue weighted by atomic mass is 16.2. The third-order valence-corrected chi connectivity index (χ3v) is 5.51. The second kappa shape index (κ2) is 7.99. The number of aryl methyl sites for hydroxylation is 1. The van der Waals surface area contributed by atoms with E-state index in [0.717, 1.165) is 36.1 Å². The maximum atomic E-state index is 12.6. The van der Waals surface area contributed by atoms with Crippen LogP contribution in [0.5, 0.6) is 0 Å². The molecule has 2 aromatic carbocycles. The van der Waals surface area contributed by atoms with Crippen molar-refractivity contribution < 1.29 is 9.59 Å². The average Bonchev–Trinajstić information content (AvgIpc) is 3.07. The number of urea groups is 1. The molecule has 29 heavy (non-hydrogen) atoms. The third-order valence-electron chi connectivity index (χ3n) is 5.51. The van der Waals surface area contributed by atoms with Crippen molar-refractivity contribution in [2.45, 2.75) is 19.9 Å². The fourth-order valence-corrected chi connectivity index (χ4v) is 3.76. The van der Waals surface area contributed by atoms with Crippen LogP contribution in [0.1, 0.15) is 11.1 Å². The SMILES string of the molecule is CNC(=O)Cn1ccc2ccc(NC(=O)N3CC(Cc4ccc(C)cc4)C3)cc21. The van der Waals surface area contributed by atoms with Crippen molar-refractivity contribution in [3.8, 4) is 0 Å². The van der Waals surface area contributed by atoms with Gasteiger partial charge in [-0.05, 0) is 48.4 Å². The summed E-state index contributed by atoms with van der Waals surface area (Å²) in [5.74, 6) is 0.452. The summed E-state index contributed by atoms with van der Waals surface area (Å²) in [6.07, 6.45) is 2.89. The molecule has 0 saturated carbocycles. The second-order valence-electron chi connectivity index (χ2n) is 7.78. The Morgan fingerprint density at radius 3 is 2.55 bits per heavy atom. The van der Waals surface area contributed by atoms with Crippen molar-refractivity contribution in [1.82, 2.24) is 14.8 Å². The van der Waals surface area contributed by atoms with E-state index in [0.29, 0.717) is 5.92 Å². The van der Waals surface area contributed by atoms with E-state index in [1.807, 2.05) is 39.9 Å². The predicted molar refractivity (Wildman–Crippen MR) is 115 cm³/mol.